The zero-order chi connectivity index (χ0) is 13.1. The molecule has 0 aliphatic heterocycles. The molecule has 0 fully saturated rings. The number of rotatable bonds is 3. The van der Waals surface area contributed by atoms with E-state index in [2.05, 4.69) is 9.97 Å². The molecule has 0 atom stereocenters. The van der Waals surface area contributed by atoms with Crippen molar-refractivity contribution in [3.8, 4) is 22.5 Å². The number of hydrogen-bond acceptors (Lipinski definition) is 2. The van der Waals surface area contributed by atoms with Gasteiger partial charge in [-0.05, 0) is 0 Å². The van der Waals surface area contributed by atoms with E-state index in [1.165, 1.54) is 0 Å². The van der Waals surface area contributed by atoms with Crippen LogP contribution in [0.3, 0.4) is 0 Å². The zero-order valence-corrected chi connectivity index (χ0v) is 10.4. The highest BCUT2D eigenvalue weighted by Gasteiger charge is 2.12. The maximum absolute atomic E-state index is 9.28. The Morgan fingerprint density at radius 3 is 2.00 bits per heavy atom. The molecule has 3 rings (SSSR count). The Morgan fingerprint density at radius 2 is 1.42 bits per heavy atom. The lowest BCUT2D eigenvalue weighted by atomic mass is 10.1. The predicted molar refractivity (Wildman–Crippen MR) is 75.4 cm³/mol. The molecule has 0 unspecified atom stereocenters. The number of H-pyrrole nitrogens is 1. The van der Waals surface area contributed by atoms with E-state index in [1.54, 1.807) is 0 Å². The van der Waals surface area contributed by atoms with Gasteiger partial charge >= 0.3 is 0 Å². The Morgan fingerprint density at radius 1 is 0.842 bits per heavy atom. The van der Waals surface area contributed by atoms with Crippen molar-refractivity contribution < 1.29 is 5.11 Å². The predicted octanol–water partition coefficient (Wildman–Crippen LogP) is 3.24. The molecule has 0 radical (unpaired) electrons. The molecule has 19 heavy (non-hydrogen) atoms. The standard InChI is InChI=1S/C16H14N2O/c19-11-14-17-15(12-7-3-1-4-8-12)16(18-14)13-9-5-2-6-10-13/h1-10,19H,11H2,(H,17,18). The Bertz CT molecular complexity index is 603. The molecule has 94 valence electrons. The highest BCUT2D eigenvalue weighted by Crippen LogP contribution is 2.29. The largest absolute Gasteiger partial charge is 0.388 e. The van der Waals surface area contributed by atoms with E-state index in [0.29, 0.717) is 5.82 Å². The van der Waals surface area contributed by atoms with Gasteiger partial charge in [0.15, 0.2) is 0 Å². The quantitative estimate of drug-likeness (QED) is 0.749. The van der Waals surface area contributed by atoms with Crippen molar-refractivity contribution in [1.29, 1.82) is 0 Å². The molecule has 3 nitrogen and oxygen atoms in total. The molecule has 0 aliphatic carbocycles. The first kappa shape index (κ1) is 11.7. The van der Waals surface area contributed by atoms with Crippen LogP contribution in [-0.4, -0.2) is 15.1 Å². The minimum atomic E-state index is -0.0906. The molecule has 0 saturated carbocycles. The summed E-state index contributed by atoms with van der Waals surface area (Å²) in [6.45, 7) is -0.0906. The highest BCUT2D eigenvalue weighted by atomic mass is 16.3. The van der Waals surface area contributed by atoms with Crippen LogP contribution >= 0.6 is 0 Å². The van der Waals surface area contributed by atoms with Crippen LogP contribution in [0.1, 0.15) is 5.82 Å². The van der Waals surface area contributed by atoms with Gasteiger partial charge < -0.3 is 10.1 Å². The second kappa shape index (κ2) is 5.08. The SMILES string of the molecule is OCc1nc(-c2ccccc2)c(-c2ccccc2)[nH]1. The van der Waals surface area contributed by atoms with Crippen molar-refractivity contribution in [2.75, 3.05) is 0 Å². The van der Waals surface area contributed by atoms with Gasteiger partial charge in [-0.25, -0.2) is 4.98 Å². The van der Waals surface area contributed by atoms with Gasteiger partial charge in [0.05, 0.1) is 11.4 Å². The molecule has 3 aromatic rings. The van der Waals surface area contributed by atoms with E-state index < -0.39 is 0 Å². The number of nitrogens with one attached hydrogen (secondary N) is 1. The van der Waals surface area contributed by atoms with Crippen LogP contribution in [0, 0.1) is 0 Å². The number of aliphatic hydroxyl groups excluding tert-OH is 1. The van der Waals surface area contributed by atoms with E-state index in [0.717, 1.165) is 22.5 Å². The van der Waals surface area contributed by atoms with E-state index >= 15 is 0 Å². The molecule has 2 aromatic carbocycles. The van der Waals surface area contributed by atoms with Gasteiger partial charge in [-0.2, -0.15) is 0 Å². The van der Waals surface area contributed by atoms with E-state index in [4.69, 9.17) is 0 Å². The summed E-state index contributed by atoms with van der Waals surface area (Å²) in [7, 11) is 0. The molecular weight excluding hydrogens is 236 g/mol. The summed E-state index contributed by atoms with van der Waals surface area (Å²) in [5.74, 6) is 0.581. The topological polar surface area (TPSA) is 48.9 Å². The molecule has 0 bridgehead atoms. The smallest absolute Gasteiger partial charge is 0.133 e. The third-order valence-corrected chi connectivity index (χ3v) is 3.01. The van der Waals surface area contributed by atoms with Crippen LogP contribution < -0.4 is 0 Å². The van der Waals surface area contributed by atoms with Gasteiger partial charge in [0, 0.05) is 11.1 Å². The first-order valence-corrected chi connectivity index (χ1v) is 6.19. The van der Waals surface area contributed by atoms with Crippen LogP contribution in [0.5, 0.6) is 0 Å². The fourth-order valence-corrected chi connectivity index (χ4v) is 2.12. The van der Waals surface area contributed by atoms with Crippen molar-refractivity contribution in [3.05, 3.63) is 66.5 Å². The van der Waals surface area contributed by atoms with Crippen LogP contribution in [-0.2, 0) is 6.61 Å². The molecule has 3 heteroatoms. The average molecular weight is 250 g/mol. The summed E-state index contributed by atoms with van der Waals surface area (Å²) in [5, 5.41) is 9.28. The number of hydrogen-bond donors (Lipinski definition) is 2. The van der Waals surface area contributed by atoms with Crippen LogP contribution in [0.4, 0.5) is 0 Å². The van der Waals surface area contributed by atoms with Crippen LogP contribution in [0.15, 0.2) is 60.7 Å². The normalized spacial score (nSPS) is 10.6. The first-order valence-electron chi connectivity index (χ1n) is 6.19. The molecule has 0 aliphatic rings. The number of nitrogens with zero attached hydrogens (tertiary/aromatic N) is 1. The van der Waals surface area contributed by atoms with Gasteiger partial charge in [0.25, 0.3) is 0 Å². The minimum Gasteiger partial charge on any atom is -0.388 e. The first-order chi connectivity index (χ1) is 9.38. The molecule has 0 saturated heterocycles. The monoisotopic (exact) mass is 250 g/mol. The summed E-state index contributed by atoms with van der Waals surface area (Å²) in [4.78, 5) is 7.65. The molecule has 1 heterocycles. The van der Waals surface area contributed by atoms with Crippen molar-refractivity contribution >= 4 is 0 Å². The number of benzene rings is 2. The highest BCUT2D eigenvalue weighted by molar-refractivity contribution is 5.78. The lowest BCUT2D eigenvalue weighted by molar-refractivity contribution is 0.272. The lowest BCUT2D eigenvalue weighted by Crippen LogP contribution is -1.84. The van der Waals surface area contributed by atoms with Crippen LogP contribution in [0.25, 0.3) is 22.5 Å². The van der Waals surface area contributed by atoms with Gasteiger partial charge in [-0.1, -0.05) is 60.7 Å². The Kier molecular flexibility index (Phi) is 3.12. The van der Waals surface area contributed by atoms with Gasteiger partial charge in [0.1, 0.15) is 12.4 Å². The summed E-state index contributed by atoms with van der Waals surface area (Å²) in [6, 6.07) is 20.0. The maximum atomic E-state index is 9.28. The number of aromatic amines is 1. The van der Waals surface area contributed by atoms with Crippen molar-refractivity contribution in [2.24, 2.45) is 0 Å². The molecule has 2 N–H and O–H groups in total. The molecule has 0 amide bonds. The van der Waals surface area contributed by atoms with Gasteiger partial charge in [0.2, 0.25) is 0 Å². The number of aromatic nitrogens is 2. The minimum absolute atomic E-state index is 0.0906. The molecule has 0 spiro atoms. The van der Waals surface area contributed by atoms with E-state index in [-0.39, 0.29) is 6.61 Å². The Hall–Kier alpha value is -2.39. The molecule has 1 aromatic heterocycles. The summed E-state index contributed by atoms with van der Waals surface area (Å²) in [5.41, 5.74) is 3.91. The van der Waals surface area contributed by atoms with E-state index in [9.17, 15) is 5.11 Å². The fourth-order valence-electron chi connectivity index (χ4n) is 2.12. The summed E-state index contributed by atoms with van der Waals surface area (Å²) in [6.07, 6.45) is 0. The van der Waals surface area contributed by atoms with Crippen LogP contribution in [0.2, 0.25) is 0 Å². The van der Waals surface area contributed by atoms with Gasteiger partial charge in [-0.3, -0.25) is 0 Å². The Labute approximate surface area is 111 Å². The lowest BCUT2D eigenvalue weighted by Gasteiger charge is -2.02. The summed E-state index contributed by atoms with van der Waals surface area (Å²) >= 11 is 0. The third-order valence-electron chi connectivity index (χ3n) is 3.01. The second-order valence-corrected chi connectivity index (χ2v) is 4.30. The zero-order valence-electron chi connectivity index (χ0n) is 10.4. The second-order valence-electron chi connectivity index (χ2n) is 4.30. The van der Waals surface area contributed by atoms with Gasteiger partial charge in [-0.15, -0.1) is 0 Å². The van der Waals surface area contributed by atoms with Crippen molar-refractivity contribution in [3.63, 3.8) is 0 Å². The van der Waals surface area contributed by atoms with Crippen molar-refractivity contribution in [2.45, 2.75) is 6.61 Å². The van der Waals surface area contributed by atoms with E-state index in [1.807, 2.05) is 60.7 Å². The average Bonchev–Trinajstić information content (AvgIpc) is 2.93. The van der Waals surface area contributed by atoms with Crippen molar-refractivity contribution in [1.82, 2.24) is 9.97 Å². The third kappa shape index (κ3) is 2.28. The number of aliphatic hydroxyl groups is 1. The fraction of sp³-hybridized carbons (Fsp3) is 0.0625. The Balaban J connectivity index is 2.17. The summed E-state index contributed by atoms with van der Waals surface area (Å²) < 4.78 is 0. The number of imidazole rings is 1. The maximum Gasteiger partial charge on any atom is 0.133 e. The molecular formula is C16H14N2O.